The molecule has 0 radical (unpaired) electrons. The fourth-order valence-electron chi connectivity index (χ4n) is 2.68. The van der Waals surface area contributed by atoms with Gasteiger partial charge in [0, 0.05) is 30.4 Å². The summed E-state index contributed by atoms with van der Waals surface area (Å²) in [4.78, 5) is 15.8. The van der Waals surface area contributed by atoms with Crippen LogP contribution in [0.3, 0.4) is 0 Å². The molecule has 22 heavy (non-hydrogen) atoms. The molecule has 5 heteroatoms. The fourth-order valence-corrected chi connectivity index (χ4v) is 2.68. The summed E-state index contributed by atoms with van der Waals surface area (Å²) >= 11 is 0. The maximum atomic E-state index is 9.29. The van der Waals surface area contributed by atoms with Crippen molar-refractivity contribution >= 4 is 5.82 Å². The summed E-state index contributed by atoms with van der Waals surface area (Å²) in [6.45, 7) is 7.67. The highest BCUT2D eigenvalue weighted by Gasteiger charge is 2.24. The lowest BCUT2D eigenvalue weighted by molar-refractivity contribution is 0.617. The summed E-state index contributed by atoms with van der Waals surface area (Å²) in [6, 6.07) is 5.92. The average molecular weight is 293 g/mol. The van der Waals surface area contributed by atoms with E-state index in [0.29, 0.717) is 24.6 Å². The van der Waals surface area contributed by atoms with E-state index in [1.165, 1.54) is 0 Å². The van der Waals surface area contributed by atoms with Crippen LogP contribution in [0.2, 0.25) is 0 Å². The van der Waals surface area contributed by atoms with Crippen LogP contribution >= 0.6 is 0 Å². The second-order valence-corrected chi connectivity index (χ2v) is 6.15. The molecule has 0 aliphatic carbocycles. The molecule has 0 bridgehead atoms. The maximum absolute atomic E-state index is 9.29. The van der Waals surface area contributed by atoms with Crippen molar-refractivity contribution < 1.29 is 0 Å². The number of aryl methyl sites for hydroxylation is 1. The molecule has 0 unspecified atom stereocenters. The number of nitrogens with zero attached hydrogens (tertiary/aromatic N) is 5. The van der Waals surface area contributed by atoms with E-state index in [2.05, 4.69) is 39.8 Å². The number of hydrogen-bond acceptors (Lipinski definition) is 5. The Morgan fingerprint density at radius 3 is 2.82 bits per heavy atom. The molecule has 0 amide bonds. The van der Waals surface area contributed by atoms with E-state index in [1.807, 2.05) is 25.3 Å². The molecule has 1 aliphatic rings. The lowest BCUT2D eigenvalue weighted by Crippen LogP contribution is -2.18. The standard InChI is InChI=1S/C17H19N5/c1-11(2)6-16-19-8-14-9-22(10-15(14)21-16)17-13(7-18)5-4-12(3)20-17/h4-5,8,11H,6,9-10H2,1-3H3. The number of rotatable bonds is 3. The lowest BCUT2D eigenvalue weighted by atomic mass is 10.1. The highest BCUT2D eigenvalue weighted by molar-refractivity contribution is 5.56. The number of fused-ring (bicyclic) bond motifs is 1. The Balaban J connectivity index is 1.89. The van der Waals surface area contributed by atoms with Gasteiger partial charge in [-0.15, -0.1) is 0 Å². The first-order valence-corrected chi connectivity index (χ1v) is 7.53. The summed E-state index contributed by atoms with van der Waals surface area (Å²) in [5, 5.41) is 9.29. The average Bonchev–Trinajstić information content (AvgIpc) is 2.89. The molecule has 3 heterocycles. The first kappa shape index (κ1) is 14.5. The van der Waals surface area contributed by atoms with Crippen molar-refractivity contribution in [2.75, 3.05) is 4.90 Å². The summed E-state index contributed by atoms with van der Waals surface area (Å²) in [5.74, 6) is 2.18. The SMILES string of the molecule is Cc1ccc(C#N)c(N2Cc3cnc(CC(C)C)nc3C2)n1. The normalized spacial score (nSPS) is 13.3. The van der Waals surface area contributed by atoms with Gasteiger partial charge >= 0.3 is 0 Å². The predicted octanol–water partition coefficient (Wildman–Crippen LogP) is 2.77. The van der Waals surface area contributed by atoms with Crippen LogP contribution in [0.5, 0.6) is 0 Å². The molecule has 0 aromatic carbocycles. The van der Waals surface area contributed by atoms with Crippen molar-refractivity contribution in [1.29, 1.82) is 5.26 Å². The highest BCUT2D eigenvalue weighted by Crippen LogP contribution is 2.28. The van der Waals surface area contributed by atoms with E-state index in [4.69, 9.17) is 0 Å². The van der Waals surface area contributed by atoms with Gasteiger partial charge in [0.05, 0.1) is 17.8 Å². The number of pyridine rings is 1. The van der Waals surface area contributed by atoms with Gasteiger partial charge in [-0.3, -0.25) is 0 Å². The third-order valence-electron chi connectivity index (χ3n) is 3.73. The zero-order chi connectivity index (χ0) is 15.7. The van der Waals surface area contributed by atoms with E-state index in [-0.39, 0.29) is 0 Å². The van der Waals surface area contributed by atoms with Gasteiger partial charge in [-0.1, -0.05) is 13.8 Å². The largest absolute Gasteiger partial charge is 0.345 e. The topological polar surface area (TPSA) is 65.7 Å². The van der Waals surface area contributed by atoms with Gasteiger partial charge in [0.15, 0.2) is 0 Å². The summed E-state index contributed by atoms with van der Waals surface area (Å²) in [7, 11) is 0. The third-order valence-corrected chi connectivity index (χ3v) is 3.73. The quantitative estimate of drug-likeness (QED) is 0.870. The van der Waals surface area contributed by atoms with Gasteiger partial charge < -0.3 is 4.90 Å². The Kier molecular flexibility index (Phi) is 3.76. The Bertz CT molecular complexity index is 745. The maximum Gasteiger partial charge on any atom is 0.147 e. The number of nitriles is 1. The molecule has 0 saturated heterocycles. The van der Waals surface area contributed by atoms with E-state index in [9.17, 15) is 5.26 Å². The van der Waals surface area contributed by atoms with E-state index < -0.39 is 0 Å². The van der Waals surface area contributed by atoms with Crippen LogP contribution in [0.25, 0.3) is 0 Å². The Hall–Kier alpha value is -2.48. The van der Waals surface area contributed by atoms with Crippen molar-refractivity contribution in [2.45, 2.75) is 40.3 Å². The lowest BCUT2D eigenvalue weighted by Gasteiger charge is -2.17. The van der Waals surface area contributed by atoms with Gasteiger partial charge in [0.25, 0.3) is 0 Å². The van der Waals surface area contributed by atoms with Crippen molar-refractivity contribution in [1.82, 2.24) is 15.0 Å². The minimum Gasteiger partial charge on any atom is -0.345 e. The molecule has 0 N–H and O–H groups in total. The van der Waals surface area contributed by atoms with Crippen LogP contribution in [0.15, 0.2) is 18.3 Å². The minimum atomic E-state index is 0.541. The molecule has 5 nitrogen and oxygen atoms in total. The van der Waals surface area contributed by atoms with E-state index >= 15 is 0 Å². The summed E-state index contributed by atoms with van der Waals surface area (Å²) < 4.78 is 0. The van der Waals surface area contributed by atoms with E-state index in [0.717, 1.165) is 35.0 Å². The van der Waals surface area contributed by atoms with Crippen molar-refractivity contribution in [2.24, 2.45) is 5.92 Å². The fraction of sp³-hybridized carbons (Fsp3) is 0.412. The molecule has 0 atom stereocenters. The molecular weight excluding hydrogens is 274 g/mol. The first-order chi connectivity index (χ1) is 10.6. The molecule has 112 valence electrons. The van der Waals surface area contributed by atoms with Crippen LogP contribution in [0.4, 0.5) is 5.82 Å². The Labute approximate surface area is 130 Å². The molecule has 1 aliphatic heterocycles. The van der Waals surface area contributed by atoms with Crippen LogP contribution < -0.4 is 4.90 Å². The van der Waals surface area contributed by atoms with E-state index in [1.54, 1.807) is 0 Å². The van der Waals surface area contributed by atoms with Crippen LogP contribution in [0, 0.1) is 24.2 Å². The molecule has 0 spiro atoms. The molecular formula is C17H19N5. The summed E-state index contributed by atoms with van der Waals surface area (Å²) in [6.07, 6.45) is 2.81. The van der Waals surface area contributed by atoms with Crippen molar-refractivity contribution in [3.05, 3.63) is 46.7 Å². The highest BCUT2D eigenvalue weighted by atomic mass is 15.2. The van der Waals surface area contributed by atoms with Gasteiger partial charge in [0.2, 0.25) is 0 Å². The van der Waals surface area contributed by atoms with Crippen LogP contribution in [-0.4, -0.2) is 15.0 Å². The van der Waals surface area contributed by atoms with Crippen LogP contribution in [-0.2, 0) is 19.5 Å². The van der Waals surface area contributed by atoms with Crippen LogP contribution in [0.1, 0.15) is 42.2 Å². The van der Waals surface area contributed by atoms with Gasteiger partial charge in [-0.2, -0.15) is 5.26 Å². The van der Waals surface area contributed by atoms with Crippen molar-refractivity contribution in [3.8, 4) is 6.07 Å². The van der Waals surface area contributed by atoms with Gasteiger partial charge in [0.1, 0.15) is 17.7 Å². The minimum absolute atomic E-state index is 0.541. The molecule has 0 fully saturated rings. The second-order valence-electron chi connectivity index (χ2n) is 6.15. The zero-order valence-corrected chi connectivity index (χ0v) is 13.2. The number of anilines is 1. The second kappa shape index (κ2) is 5.72. The Morgan fingerprint density at radius 2 is 2.09 bits per heavy atom. The van der Waals surface area contributed by atoms with Crippen molar-refractivity contribution in [3.63, 3.8) is 0 Å². The molecule has 2 aromatic heterocycles. The monoisotopic (exact) mass is 293 g/mol. The first-order valence-electron chi connectivity index (χ1n) is 7.53. The van der Waals surface area contributed by atoms with Gasteiger partial charge in [-0.25, -0.2) is 15.0 Å². The number of aromatic nitrogens is 3. The molecule has 2 aromatic rings. The zero-order valence-electron chi connectivity index (χ0n) is 13.2. The molecule has 0 saturated carbocycles. The predicted molar refractivity (Wildman–Crippen MR) is 84.2 cm³/mol. The van der Waals surface area contributed by atoms with Gasteiger partial charge in [-0.05, 0) is 25.0 Å². The number of hydrogen-bond donors (Lipinski definition) is 0. The smallest absolute Gasteiger partial charge is 0.147 e. The Morgan fingerprint density at radius 1 is 1.27 bits per heavy atom. The summed E-state index contributed by atoms with van der Waals surface area (Å²) in [5.41, 5.74) is 3.70. The molecule has 3 rings (SSSR count). The third kappa shape index (κ3) is 2.77.